The third kappa shape index (κ3) is 9.14. The number of likely N-dealkylation sites (tertiary alicyclic amines) is 1. The monoisotopic (exact) mass is 555 g/mol. The van der Waals surface area contributed by atoms with Crippen molar-refractivity contribution in [2.45, 2.75) is 56.0 Å². The van der Waals surface area contributed by atoms with Gasteiger partial charge in [0.05, 0.1) is 4.90 Å². The molecule has 0 spiro atoms. The maximum absolute atomic E-state index is 13.1. The molecule has 1 amide bonds. The molecule has 1 aliphatic rings. The molecule has 2 aromatic carbocycles. The molecule has 0 aromatic heterocycles. The van der Waals surface area contributed by atoms with Crippen LogP contribution in [0, 0.1) is 0 Å². The second-order valence-corrected chi connectivity index (χ2v) is 12.1. The SMILES string of the molecule is CSCC[C@H](NC(=O)c1ccc(S(=O)(=O)NCCCN2CCCCC2C)cc1-c1ccccc1)C(=O)O.[H-].[Li+]. The van der Waals surface area contributed by atoms with Gasteiger partial charge in [0.25, 0.3) is 5.91 Å². The van der Waals surface area contributed by atoms with E-state index in [1.165, 1.54) is 49.2 Å². The van der Waals surface area contributed by atoms with E-state index in [1.54, 1.807) is 24.3 Å². The molecule has 0 bridgehead atoms. The summed E-state index contributed by atoms with van der Waals surface area (Å²) in [5, 5.41) is 12.1. The van der Waals surface area contributed by atoms with Gasteiger partial charge in [-0.05, 0) is 87.0 Å². The number of nitrogens with zero attached hydrogens (tertiary/aromatic N) is 1. The summed E-state index contributed by atoms with van der Waals surface area (Å²) in [4.78, 5) is 27.2. The molecular weight excluding hydrogens is 517 g/mol. The predicted molar refractivity (Wildman–Crippen MR) is 150 cm³/mol. The maximum Gasteiger partial charge on any atom is 1.00 e. The van der Waals surface area contributed by atoms with Crippen LogP contribution in [0.2, 0.25) is 0 Å². The van der Waals surface area contributed by atoms with E-state index in [9.17, 15) is 23.1 Å². The Hall–Kier alpha value is -1.80. The molecule has 8 nitrogen and oxygen atoms in total. The van der Waals surface area contributed by atoms with Crippen LogP contribution in [-0.4, -0.2) is 74.0 Å². The third-order valence-corrected chi connectivity index (χ3v) is 8.80. The summed E-state index contributed by atoms with van der Waals surface area (Å²) < 4.78 is 28.9. The van der Waals surface area contributed by atoms with Crippen molar-refractivity contribution >= 4 is 33.7 Å². The Labute approximate surface area is 244 Å². The van der Waals surface area contributed by atoms with Crippen molar-refractivity contribution in [3.63, 3.8) is 0 Å². The number of piperidine rings is 1. The second kappa shape index (κ2) is 15.7. The van der Waals surface area contributed by atoms with E-state index in [1.807, 2.05) is 12.3 Å². The van der Waals surface area contributed by atoms with Crippen molar-refractivity contribution in [1.29, 1.82) is 0 Å². The molecule has 2 atom stereocenters. The van der Waals surface area contributed by atoms with E-state index < -0.39 is 27.9 Å². The molecule has 0 radical (unpaired) electrons. The molecule has 3 rings (SSSR count). The number of carbonyl (C=O) groups excluding carboxylic acids is 1. The first-order valence-electron chi connectivity index (χ1n) is 12.7. The number of hydrogen-bond donors (Lipinski definition) is 3. The number of benzene rings is 2. The molecule has 1 heterocycles. The van der Waals surface area contributed by atoms with Crippen molar-refractivity contribution in [1.82, 2.24) is 14.9 Å². The fourth-order valence-corrected chi connectivity index (χ4v) is 6.11. The van der Waals surface area contributed by atoms with Crippen LogP contribution in [0.15, 0.2) is 53.4 Å². The van der Waals surface area contributed by atoms with Crippen LogP contribution >= 0.6 is 11.8 Å². The minimum Gasteiger partial charge on any atom is -1.00 e. The first-order valence-corrected chi connectivity index (χ1v) is 15.6. The van der Waals surface area contributed by atoms with Gasteiger partial charge in [-0.2, -0.15) is 11.8 Å². The topological polar surface area (TPSA) is 116 Å². The summed E-state index contributed by atoms with van der Waals surface area (Å²) in [6.07, 6.45) is 6.48. The number of carbonyl (C=O) groups is 2. The summed E-state index contributed by atoms with van der Waals surface area (Å²) in [7, 11) is -3.80. The second-order valence-electron chi connectivity index (χ2n) is 9.35. The fourth-order valence-electron chi connectivity index (χ4n) is 4.54. The van der Waals surface area contributed by atoms with Crippen molar-refractivity contribution in [2.24, 2.45) is 0 Å². The molecule has 38 heavy (non-hydrogen) atoms. The van der Waals surface area contributed by atoms with Gasteiger partial charge in [0.2, 0.25) is 10.0 Å². The number of amides is 1. The molecule has 1 saturated heterocycles. The zero-order valence-corrected chi connectivity index (χ0v) is 24.1. The van der Waals surface area contributed by atoms with Crippen LogP contribution < -0.4 is 28.9 Å². The Balaban J connectivity index is 0.00000380. The summed E-state index contributed by atoms with van der Waals surface area (Å²) in [5.74, 6) is -1.08. The van der Waals surface area contributed by atoms with E-state index in [0.717, 1.165) is 13.1 Å². The van der Waals surface area contributed by atoms with Crippen molar-refractivity contribution in [3.8, 4) is 11.1 Å². The zero-order valence-electron chi connectivity index (χ0n) is 23.5. The average Bonchev–Trinajstić information content (AvgIpc) is 2.89. The van der Waals surface area contributed by atoms with Crippen molar-refractivity contribution < 1.29 is 43.4 Å². The van der Waals surface area contributed by atoms with Gasteiger partial charge in [-0.3, -0.25) is 4.79 Å². The Morgan fingerprint density at radius 1 is 1.18 bits per heavy atom. The number of carboxylic acids is 1. The van der Waals surface area contributed by atoms with E-state index in [2.05, 4.69) is 21.9 Å². The van der Waals surface area contributed by atoms with Gasteiger partial charge in [0, 0.05) is 18.2 Å². The van der Waals surface area contributed by atoms with Crippen LogP contribution in [0.25, 0.3) is 11.1 Å². The maximum atomic E-state index is 13.1. The molecule has 3 N–H and O–H groups in total. The normalized spacial score (nSPS) is 16.8. The Morgan fingerprint density at radius 2 is 1.92 bits per heavy atom. The van der Waals surface area contributed by atoms with Crippen LogP contribution in [0.3, 0.4) is 0 Å². The minimum absolute atomic E-state index is 0. The summed E-state index contributed by atoms with van der Waals surface area (Å²) in [5.41, 5.74) is 1.32. The minimum atomic E-state index is -3.80. The molecule has 2 aromatic rings. The third-order valence-electron chi connectivity index (χ3n) is 6.70. The van der Waals surface area contributed by atoms with Gasteiger partial charge in [0.15, 0.2) is 0 Å². The molecule has 1 fully saturated rings. The molecule has 0 saturated carbocycles. The molecule has 1 aliphatic heterocycles. The van der Waals surface area contributed by atoms with Crippen molar-refractivity contribution in [2.75, 3.05) is 31.6 Å². The molecule has 1 unspecified atom stereocenters. The van der Waals surface area contributed by atoms with Gasteiger partial charge >= 0.3 is 24.8 Å². The molecule has 11 heteroatoms. The first kappa shape index (κ1) is 32.4. The van der Waals surface area contributed by atoms with Gasteiger partial charge in [-0.15, -0.1) is 0 Å². The van der Waals surface area contributed by atoms with Crippen LogP contribution in [0.1, 0.15) is 50.8 Å². The molecule has 204 valence electrons. The van der Waals surface area contributed by atoms with Gasteiger partial charge in [-0.1, -0.05) is 36.8 Å². The van der Waals surface area contributed by atoms with E-state index >= 15 is 0 Å². The smallest absolute Gasteiger partial charge is 1.00 e. The number of rotatable bonds is 13. The quantitative estimate of drug-likeness (QED) is 0.249. The number of hydrogen-bond acceptors (Lipinski definition) is 6. The standard InChI is InChI=1S/C27H37N3O5S2.Li.H/c1-20-9-6-7-16-30(20)17-8-15-28-37(34,35)22-12-13-23(24(19-22)21-10-4-3-5-11-21)26(31)29-25(27(32)33)14-18-36-2;;/h3-5,10-13,19-20,25,28H,6-9,14-18H2,1-2H3,(H,29,31)(H,32,33);;/q;+1;-1/t20?,25-;;/m0../s1. The van der Waals surface area contributed by atoms with Crippen LogP contribution in [0.5, 0.6) is 0 Å². The molecule has 0 aliphatic carbocycles. The number of nitrogens with one attached hydrogen (secondary N) is 2. The summed E-state index contributed by atoms with van der Waals surface area (Å²) in [6.45, 7) is 4.44. The zero-order chi connectivity index (χ0) is 26.8. The number of aliphatic carboxylic acids is 1. The Kier molecular flexibility index (Phi) is 13.4. The largest absolute Gasteiger partial charge is 1.00 e. The summed E-state index contributed by atoms with van der Waals surface area (Å²) in [6, 6.07) is 12.8. The first-order chi connectivity index (χ1) is 17.7. The number of sulfonamides is 1. The van der Waals surface area contributed by atoms with E-state index in [0.29, 0.717) is 35.9 Å². The van der Waals surface area contributed by atoms with Gasteiger partial charge < -0.3 is 16.7 Å². The predicted octanol–water partition coefficient (Wildman–Crippen LogP) is 0.949. The number of carboxylic acid groups (broad SMARTS) is 1. The van der Waals surface area contributed by atoms with Gasteiger partial charge in [0.1, 0.15) is 6.04 Å². The Morgan fingerprint density at radius 3 is 2.58 bits per heavy atom. The van der Waals surface area contributed by atoms with Gasteiger partial charge in [-0.25, -0.2) is 17.9 Å². The Bertz CT molecular complexity index is 1170. The van der Waals surface area contributed by atoms with Crippen LogP contribution in [0.4, 0.5) is 0 Å². The van der Waals surface area contributed by atoms with E-state index in [4.69, 9.17) is 0 Å². The van der Waals surface area contributed by atoms with Crippen molar-refractivity contribution in [3.05, 3.63) is 54.1 Å². The fraction of sp³-hybridized carbons (Fsp3) is 0.481. The average molecular weight is 556 g/mol. The van der Waals surface area contributed by atoms with E-state index in [-0.39, 0.29) is 37.2 Å². The van der Waals surface area contributed by atoms with Crippen LogP contribution in [-0.2, 0) is 14.8 Å². The summed E-state index contributed by atoms with van der Waals surface area (Å²) >= 11 is 1.50. The molecular formula is C27H38LiN3O5S2. The number of thioether (sulfide) groups is 1.